The molecule has 0 saturated heterocycles. The summed E-state index contributed by atoms with van der Waals surface area (Å²) in [6.07, 6.45) is 9.03. The lowest BCUT2D eigenvalue weighted by Gasteiger charge is -2.21. The fourth-order valence-electron chi connectivity index (χ4n) is 2.04. The molecule has 0 aromatic heterocycles. The number of allylic oxidation sites excluding steroid dienone is 1. The molecule has 0 spiro atoms. The van der Waals surface area contributed by atoms with Gasteiger partial charge in [0.05, 0.1) is 0 Å². The maximum absolute atomic E-state index is 3.44. The lowest BCUT2D eigenvalue weighted by atomic mass is 9.94. The Kier molecular flexibility index (Phi) is 4.51. The predicted molar refractivity (Wildman–Crippen MR) is 58.9 cm³/mol. The highest BCUT2D eigenvalue weighted by atomic mass is 14.9. The molecule has 0 radical (unpaired) electrons. The smallest absolute Gasteiger partial charge is 0.0279 e. The summed E-state index contributed by atoms with van der Waals surface area (Å²) in [5.74, 6) is 0.846. The van der Waals surface area contributed by atoms with E-state index in [4.69, 9.17) is 0 Å². The van der Waals surface area contributed by atoms with Gasteiger partial charge >= 0.3 is 0 Å². The van der Waals surface area contributed by atoms with E-state index in [0.29, 0.717) is 6.04 Å². The summed E-state index contributed by atoms with van der Waals surface area (Å²) in [4.78, 5) is 0. The van der Waals surface area contributed by atoms with Crippen molar-refractivity contribution < 1.29 is 0 Å². The van der Waals surface area contributed by atoms with Gasteiger partial charge in [-0.3, -0.25) is 0 Å². The van der Waals surface area contributed by atoms with Gasteiger partial charge in [0.15, 0.2) is 0 Å². The van der Waals surface area contributed by atoms with Crippen LogP contribution in [0.5, 0.6) is 0 Å². The number of hydrogen-bond acceptors (Lipinski definition) is 1. The maximum atomic E-state index is 3.44. The first kappa shape index (κ1) is 10.8. The molecule has 0 aliphatic heterocycles. The molecule has 1 nitrogen and oxygen atoms in total. The van der Waals surface area contributed by atoms with Gasteiger partial charge in [-0.05, 0) is 38.6 Å². The van der Waals surface area contributed by atoms with E-state index in [1.165, 1.54) is 32.1 Å². The molecule has 1 N–H and O–H groups in total. The van der Waals surface area contributed by atoms with Crippen LogP contribution in [0.25, 0.3) is 0 Å². The fraction of sp³-hybridized carbons (Fsp3) is 0.833. The average Bonchev–Trinajstić information content (AvgIpc) is 2.66. The first-order valence-electron chi connectivity index (χ1n) is 5.64. The quantitative estimate of drug-likeness (QED) is 0.643. The van der Waals surface area contributed by atoms with Crippen LogP contribution in [0.4, 0.5) is 0 Å². The van der Waals surface area contributed by atoms with Crippen molar-refractivity contribution in [3.8, 4) is 0 Å². The number of likely N-dealkylation sites (N-methyl/N-ethyl adjacent to an activating group) is 1. The van der Waals surface area contributed by atoms with Crippen LogP contribution in [0.15, 0.2) is 11.6 Å². The van der Waals surface area contributed by atoms with E-state index in [1.54, 1.807) is 5.57 Å². The number of rotatable bonds is 5. The van der Waals surface area contributed by atoms with E-state index >= 15 is 0 Å². The largest absolute Gasteiger partial charge is 0.313 e. The molecule has 0 aromatic rings. The molecule has 0 aromatic carbocycles. The van der Waals surface area contributed by atoms with Crippen molar-refractivity contribution in [1.82, 2.24) is 5.32 Å². The molecule has 2 unspecified atom stereocenters. The second kappa shape index (κ2) is 5.43. The van der Waals surface area contributed by atoms with Crippen LogP contribution in [0, 0.1) is 5.92 Å². The van der Waals surface area contributed by atoms with Gasteiger partial charge in [-0.15, -0.1) is 0 Å². The van der Waals surface area contributed by atoms with E-state index < -0.39 is 0 Å². The van der Waals surface area contributed by atoms with Crippen molar-refractivity contribution in [2.24, 2.45) is 5.92 Å². The SMILES string of the molecule is CCC(C)CC(NC)C1=CCCC1. The van der Waals surface area contributed by atoms with E-state index in [-0.39, 0.29) is 0 Å². The summed E-state index contributed by atoms with van der Waals surface area (Å²) in [6.45, 7) is 4.63. The Morgan fingerprint density at radius 3 is 2.77 bits per heavy atom. The molecule has 1 rings (SSSR count). The Balaban J connectivity index is 2.42. The minimum absolute atomic E-state index is 0.650. The Bertz CT molecular complexity index is 172. The Hall–Kier alpha value is -0.300. The zero-order valence-electron chi connectivity index (χ0n) is 9.27. The zero-order valence-corrected chi connectivity index (χ0v) is 9.27. The van der Waals surface area contributed by atoms with Crippen LogP contribution in [-0.2, 0) is 0 Å². The van der Waals surface area contributed by atoms with Crippen molar-refractivity contribution in [2.75, 3.05) is 7.05 Å². The lowest BCUT2D eigenvalue weighted by Crippen LogP contribution is -2.28. The molecule has 0 fully saturated rings. The fourth-order valence-corrected chi connectivity index (χ4v) is 2.04. The summed E-state index contributed by atoms with van der Waals surface area (Å²) in [7, 11) is 2.09. The van der Waals surface area contributed by atoms with Crippen LogP contribution in [-0.4, -0.2) is 13.1 Å². The van der Waals surface area contributed by atoms with Crippen molar-refractivity contribution in [1.29, 1.82) is 0 Å². The van der Waals surface area contributed by atoms with Crippen LogP contribution < -0.4 is 5.32 Å². The van der Waals surface area contributed by atoms with Gasteiger partial charge in [0.1, 0.15) is 0 Å². The maximum Gasteiger partial charge on any atom is 0.0279 e. The van der Waals surface area contributed by atoms with Gasteiger partial charge in [-0.25, -0.2) is 0 Å². The molecular weight excluding hydrogens is 158 g/mol. The van der Waals surface area contributed by atoms with Gasteiger partial charge in [0.2, 0.25) is 0 Å². The van der Waals surface area contributed by atoms with Crippen molar-refractivity contribution in [3.63, 3.8) is 0 Å². The van der Waals surface area contributed by atoms with Crippen LogP contribution in [0.1, 0.15) is 46.0 Å². The summed E-state index contributed by atoms with van der Waals surface area (Å²) in [5, 5.41) is 3.44. The molecule has 0 heterocycles. The molecule has 1 heteroatoms. The van der Waals surface area contributed by atoms with E-state index in [2.05, 4.69) is 32.3 Å². The molecule has 0 amide bonds. The molecule has 1 aliphatic rings. The minimum Gasteiger partial charge on any atom is -0.313 e. The average molecular weight is 181 g/mol. The Morgan fingerprint density at radius 2 is 2.31 bits per heavy atom. The minimum atomic E-state index is 0.650. The third kappa shape index (κ3) is 3.15. The van der Waals surface area contributed by atoms with E-state index in [1.807, 2.05) is 0 Å². The van der Waals surface area contributed by atoms with Crippen molar-refractivity contribution in [2.45, 2.75) is 52.0 Å². The van der Waals surface area contributed by atoms with E-state index in [9.17, 15) is 0 Å². The summed E-state index contributed by atoms with van der Waals surface area (Å²) in [5.41, 5.74) is 1.66. The standard InChI is InChI=1S/C12H23N/c1-4-10(2)9-12(13-3)11-7-5-6-8-11/h7,10,12-13H,4-6,8-9H2,1-3H3. The molecular formula is C12H23N. The first-order chi connectivity index (χ1) is 6.27. The number of nitrogens with one attached hydrogen (secondary N) is 1. The number of hydrogen-bond donors (Lipinski definition) is 1. The zero-order chi connectivity index (χ0) is 9.68. The summed E-state index contributed by atoms with van der Waals surface area (Å²) >= 11 is 0. The molecule has 13 heavy (non-hydrogen) atoms. The first-order valence-corrected chi connectivity index (χ1v) is 5.64. The van der Waals surface area contributed by atoms with Crippen molar-refractivity contribution in [3.05, 3.63) is 11.6 Å². The van der Waals surface area contributed by atoms with Crippen molar-refractivity contribution >= 4 is 0 Å². The highest BCUT2D eigenvalue weighted by Gasteiger charge is 2.16. The molecule has 2 atom stereocenters. The van der Waals surface area contributed by atoms with Gasteiger partial charge in [0.25, 0.3) is 0 Å². The molecule has 76 valence electrons. The molecule has 0 saturated carbocycles. The summed E-state index contributed by atoms with van der Waals surface area (Å²) < 4.78 is 0. The third-order valence-electron chi connectivity index (χ3n) is 3.21. The second-order valence-electron chi connectivity index (χ2n) is 4.26. The monoisotopic (exact) mass is 181 g/mol. The third-order valence-corrected chi connectivity index (χ3v) is 3.21. The van der Waals surface area contributed by atoms with Gasteiger partial charge in [-0.2, -0.15) is 0 Å². The van der Waals surface area contributed by atoms with Crippen LogP contribution in [0.2, 0.25) is 0 Å². The van der Waals surface area contributed by atoms with E-state index in [0.717, 1.165) is 5.92 Å². The second-order valence-corrected chi connectivity index (χ2v) is 4.26. The van der Waals surface area contributed by atoms with Crippen LogP contribution in [0.3, 0.4) is 0 Å². The molecule has 0 bridgehead atoms. The highest BCUT2D eigenvalue weighted by molar-refractivity contribution is 5.15. The van der Waals surface area contributed by atoms with Gasteiger partial charge in [-0.1, -0.05) is 31.9 Å². The van der Waals surface area contributed by atoms with Crippen LogP contribution >= 0.6 is 0 Å². The van der Waals surface area contributed by atoms with Gasteiger partial charge < -0.3 is 5.32 Å². The topological polar surface area (TPSA) is 12.0 Å². The lowest BCUT2D eigenvalue weighted by molar-refractivity contribution is 0.440. The highest BCUT2D eigenvalue weighted by Crippen LogP contribution is 2.24. The predicted octanol–water partition coefficient (Wildman–Crippen LogP) is 3.12. The normalized spacial score (nSPS) is 21.3. The Morgan fingerprint density at radius 1 is 1.54 bits per heavy atom. The summed E-state index contributed by atoms with van der Waals surface area (Å²) in [6, 6.07) is 0.650. The Labute approximate surface area is 82.6 Å². The molecule has 1 aliphatic carbocycles. The van der Waals surface area contributed by atoms with Gasteiger partial charge in [0, 0.05) is 6.04 Å².